The van der Waals surface area contributed by atoms with Crippen molar-refractivity contribution in [2.24, 2.45) is 17.4 Å². The van der Waals surface area contributed by atoms with Crippen LogP contribution < -0.4 is 27.4 Å². The SMILES string of the molecule is CC(C)C(NC(=O)C(N)Cc1ccccc1)C(=O)NC(CCC(N)=O)C(=O)NC(C(=O)O)C(C)O. The number of primary amides is 1. The number of carboxylic acids is 1. The summed E-state index contributed by atoms with van der Waals surface area (Å²) in [6.45, 7) is 4.54. The van der Waals surface area contributed by atoms with Crippen molar-refractivity contribution < 1.29 is 34.2 Å². The Morgan fingerprint density at radius 2 is 1.46 bits per heavy atom. The van der Waals surface area contributed by atoms with E-state index in [2.05, 4.69) is 16.0 Å². The summed E-state index contributed by atoms with van der Waals surface area (Å²) in [6.07, 6.45) is -1.66. The maximum absolute atomic E-state index is 13.0. The third-order valence-corrected chi connectivity index (χ3v) is 5.24. The van der Waals surface area contributed by atoms with Crippen molar-refractivity contribution in [2.75, 3.05) is 0 Å². The van der Waals surface area contributed by atoms with Crippen LogP contribution in [0.1, 0.15) is 39.2 Å². The van der Waals surface area contributed by atoms with Crippen molar-refractivity contribution in [3.8, 4) is 0 Å². The fourth-order valence-electron chi connectivity index (χ4n) is 3.22. The number of carbonyl (C=O) groups is 5. The number of nitrogens with one attached hydrogen (secondary N) is 3. The highest BCUT2D eigenvalue weighted by Gasteiger charge is 2.33. The Kier molecular flexibility index (Phi) is 11.8. The summed E-state index contributed by atoms with van der Waals surface area (Å²) in [4.78, 5) is 60.9. The van der Waals surface area contributed by atoms with E-state index in [1.165, 1.54) is 6.92 Å². The molecule has 194 valence electrons. The number of rotatable bonds is 14. The number of carbonyl (C=O) groups excluding carboxylic acids is 4. The van der Waals surface area contributed by atoms with Gasteiger partial charge in [0.25, 0.3) is 0 Å². The Morgan fingerprint density at radius 3 is 1.94 bits per heavy atom. The van der Waals surface area contributed by atoms with Gasteiger partial charge < -0.3 is 37.6 Å². The average Bonchev–Trinajstić information content (AvgIpc) is 2.77. The monoisotopic (exact) mass is 493 g/mol. The van der Waals surface area contributed by atoms with Crippen LogP contribution in [0, 0.1) is 5.92 Å². The standard InChI is InChI=1S/C23H35N5O7/c1-12(2)18(27-20(31)15(24)11-14-7-5-4-6-8-14)22(33)26-16(9-10-17(25)30)21(32)28-19(13(3)29)23(34)35/h4-8,12-13,15-16,18-19,29H,9-11,24H2,1-3H3,(H2,25,30)(H,26,33)(H,27,31)(H,28,32)(H,34,35). The van der Waals surface area contributed by atoms with Crippen molar-refractivity contribution in [3.05, 3.63) is 35.9 Å². The van der Waals surface area contributed by atoms with Gasteiger partial charge >= 0.3 is 5.97 Å². The van der Waals surface area contributed by atoms with Gasteiger partial charge in [-0.25, -0.2) is 4.79 Å². The Hall–Kier alpha value is -3.51. The molecular formula is C23H35N5O7. The quantitative estimate of drug-likeness (QED) is 0.160. The van der Waals surface area contributed by atoms with Crippen LogP contribution in [0.2, 0.25) is 0 Å². The van der Waals surface area contributed by atoms with Gasteiger partial charge in [0.05, 0.1) is 12.1 Å². The molecule has 5 unspecified atom stereocenters. The minimum atomic E-state index is -1.63. The lowest BCUT2D eigenvalue weighted by Crippen LogP contribution is -2.59. The van der Waals surface area contributed by atoms with E-state index < -0.39 is 65.8 Å². The van der Waals surface area contributed by atoms with E-state index in [4.69, 9.17) is 11.5 Å². The summed E-state index contributed by atoms with van der Waals surface area (Å²) in [5.74, 6) is -4.83. The van der Waals surface area contributed by atoms with Crippen LogP contribution >= 0.6 is 0 Å². The molecule has 9 N–H and O–H groups in total. The van der Waals surface area contributed by atoms with Gasteiger partial charge in [0, 0.05) is 6.42 Å². The van der Waals surface area contributed by atoms with Gasteiger partial charge in [-0.15, -0.1) is 0 Å². The Morgan fingerprint density at radius 1 is 0.886 bits per heavy atom. The number of nitrogens with two attached hydrogens (primary N) is 2. The van der Waals surface area contributed by atoms with Gasteiger partial charge in [0.1, 0.15) is 12.1 Å². The summed E-state index contributed by atoms with van der Waals surface area (Å²) in [6, 6.07) is 4.13. The first-order valence-corrected chi connectivity index (χ1v) is 11.2. The van der Waals surface area contributed by atoms with Gasteiger partial charge in [-0.1, -0.05) is 44.2 Å². The summed E-state index contributed by atoms with van der Waals surface area (Å²) >= 11 is 0. The van der Waals surface area contributed by atoms with Gasteiger partial charge in [-0.05, 0) is 31.2 Å². The molecule has 12 nitrogen and oxygen atoms in total. The summed E-state index contributed by atoms with van der Waals surface area (Å²) in [7, 11) is 0. The van der Waals surface area contributed by atoms with Gasteiger partial charge in [-0.3, -0.25) is 19.2 Å². The topological polar surface area (TPSA) is 214 Å². The van der Waals surface area contributed by atoms with Crippen molar-refractivity contribution in [1.82, 2.24) is 16.0 Å². The fraction of sp³-hybridized carbons (Fsp3) is 0.522. The van der Waals surface area contributed by atoms with E-state index in [1.807, 2.05) is 30.3 Å². The number of hydrogen-bond donors (Lipinski definition) is 7. The highest BCUT2D eigenvalue weighted by molar-refractivity contribution is 5.94. The maximum atomic E-state index is 13.0. The van der Waals surface area contributed by atoms with Crippen LogP contribution in [-0.4, -0.2) is 70.1 Å². The molecule has 4 amide bonds. The van der Waals surface area contributed by atoms with E-state index in [0.29, 0.717) is 0 Å². The van der Waals surface area contributed by atoms with E-state index >= 15 is 0 Å². The number of carboxylic acid groups (broad SMARTS) is 1. The molecule has 0 bridgehead atoms. The molecule has 0 fully saturated rings. The second kappa shape index (κ2) is 14.0. The Balaban J connectivity index is 2.95. The lowest BCUT2D eigenvalue weighted by molar-refractivity contribution is -0.145. The normalized spacial score (nSPS) is 15.3. The first-order valence-electron chi connectivity index (χ1n) is 11.2. The molecule has 0 aliphatic carbocycles. The first-order chi connectivity index (χ1) is 16.3. The summed E-state index contributed by atoms with van der Waals surface area (Å²) < 4.78 is 0. The van der Waals surface area contributed by atoms with E-state index in [1.54, 1.807) is 13.8 Å². The molecule has 0 aliphatic rings. The number of aliphatic hydroxyl groups excluding tert-OH is 1. The van der Waals surface area contributed by atoms with Crippen molar-refractivity contribution in [1.29, 1.82) is 0 Å². The molecule has 0 heterocycles. The predicted octanol–water partition coefficient (Wildman–Crippen LogP) is -1.60. The third-order valence-electron chi connectivity index (χ3n) is 5.24. The number of aliphatic hydroxyl groups is 1. The zero-order chi connectivity index (χ0) is 26.7. The minimum absolute atomic E-state index is 0.217. The fourth-order valence-corrected chi connectivity index (χ4v) is 3.22. The second-order valence-electron chi connectivity index (χ2n) is 8.66. The lowest BCUT2D eigenvalue weighted by atomic mass is 10.00. The lowest BCUT2D eigenvalue weighted by Gasteiger charge is -2.27. The van der Waals surface area contributed by atoms with Crippen LogP contribution in [0.25, 0.3) is 0 Å². The van der Waals surface area contributed by atoms with Crippen LogP contribution in [0.15, 0.2) is 30.3 Å². The maximum Gasteiger partial charge on any atom is 0.328 e. The zero-order valence-corrected chi connectivity index (χ0v) is 20.1. The molecule has 35 heavy (non-hydrogen) atoms. The Bertz CT molecular complexity index is 892. The first kappa shape index (κ1) is 29.5. The largest absolute Gasteiger partial charge is 0.480 e. The predicted molar refractivity (Wildman–Crippen MR) is 126 cm³/mol. The van der Waals surface area contributed by atoms with Gasteiger partial charge in [0.15, 0.2) is 6.04 Å². The molecule has 5 atom stereocenters. The molecule has 0 radical (unpaired) electrons. The Labute approximate surface area is 203 Å². The molecule has 0 saturated heterocycles. The average molecular weight is 494 g/mol. The minimum Gasteiger partial charge on any atom is -0.480 e. The summed E-state index contributed by atoms with van der Waals surface area (Å²) in [5.41, 5.74) is 12.0. The number of hydrogen-bond acceptors (Lipinski definition) is 7. The number of amides is 4. The third kappa shape index (κ3) is 10.1. The summed E-state index contributed by atoms with van der Waals surface area (Å²) in [5, 5.41) is 26.0. The highest BCUT2D eigenvalue weighted by Crippen LogP contribution is 2.08. The number of benzene rings is 1. The second-order valence-corrected chi connectivity index (χ2v) is 8.66. The van der Waals surface area contributed by atoms with Crippen LogP contribution in [-0.2, 0) is 30.4 Å². The molecule has 1 aromatic rings. The molecule has 1 aromatic carbocycles. The molecular weight excluding hydrogens is 458 g/mol. The van der Waals surface area contributed by atoms with Crippen molar-refractivity contribution >= 4 is 29.6 Å². The van der Waals surface area contributed by atoms with Crippen LogP contribution in [0.5, 0.6) is 0 Å². The zero-order valence-electron chi connectivity index (χ0n) is 20.1. The smallest absolute Gasteiger partial charge is 0.328 e. The molecule has 1 rings (SSSR count). The van der Waals surface area contributed by atoms with E-state index in [-0.39, 0.29) is 19.3 Å². The van der Waals surface area contributed by atoms with Crippen molar-refractivity contribution in [3.63, 3.8) is 0 Å². The van der Waals surface area contributed by atoms with Crippen LogP contribution in [0.3, 0.4) is 0 Å². The molecule has 0 aliphatic heterocycles. The van der Waals surface area contributed by atoms with Gasteiger partial charge in [-0.2, -0.15) is 0 Å². The van der Waals surface area contributed by atoms with Gasteiger partial charge in [0.2, 0.25) is 23.6 Å². The van der Waals surface area contributed by atoms with E-state index in [9.17, 15) is 34.2 Å². The molecule has 12 heteroatoms. The van der Waals surface area contributed by atoms with Crippen LogP contribution in [0.4, 0.5) is 0 Å². The number of aliphatic carboxylic acids is 1. The molecule has 0 spiro atoms. The highest BCUT2D eigenvalue weighted by atomic mass is 16.4. The van der Waals surface area contributed by atoms with E-state index in [0.717, 1.165) is 5.56 Å². The molecule has 0 saturated carbocycles. The molecule has 0 aromatic heterocycles. The van der Waals surface area contributed by atoms with Crippen molar-refractivity contribution in [2.45, 2.75) is 70.3 Å².